The van der Waals surface area contributed by atoms with Gasteiger partial charge in [-0.15, -0.1) is 0 Å². The molecule has 2 rings (SSSR count). The second kappa shape index (κ2) is 7.42. The number of anilines is 3. The molecule has 0 saturated heterocycles. The Labute approximate surface area is 143 Å². The fraction of sp³-hybridized carbons (Fsp3) is 0.333. The van der Waals surface area contributed by atoms with Crippen LogP contribution in [0.15, 0.2) is 48.7 Å². The van der Waals surface area contributed by atoms with Gasteiger partial charge in [-0.2, -0.15) is 0 Å². The van der Waals surface area contributed by atoms with Crippen LogP contribution in [0.5, 0.6) is 0 Å². The largest absolute Gasteiger partial charge is 0.359 e. The lowest BCUT2D eigenvalue weighted by Crippen LogP contribution is -2.43. The van der Waals surface area contributed by atoms with Crippen molar-refractivity contribution in [2.75, 3.05) is 10.6 Å². The monoisotopic (exact) mass is 328 g/mol. The Kier molecular flexibility index (Phi) is 5.55. The number of pyridine rings is 1. The second-order valence-electron chi connectivity index (χ2n) is 6.61. The third kappa shape index (κ3) is 5.53. The van der Waals surface area contributed by atoms with E-state index in [1.165, 1.54) is 0 Å². The molecule has 0 bridgehead atoms. The van der Waals surface area contributed by atoms with Gasteiger partial charge in [0.25, 0.3) is 0 Å². The molecule has 0 aliphatic carbocycles. The molecular weight excluding hydrogens is 304 g/mol. The van der Waals surface area contributed by atoms with Crippen molar-refractivity contribution in [3.8, 4) is 0 Å². The summed E-state index contributed by atoms with van der Waals surface area (Å²) < 4.78 is 0. The van der Waals surface area contributed by atoms with E-state index >= 15 is 0 Å². The second-order valence-corrected chi connectivity index (χ2v) is 7.02. The van der Waals surface area contributed by atoms with E-state index in [0.717, 1.165) is 17.2 Å². The minimum absolute atomic E-state index is 0.146. The summed E-state index contributed by atoms with van der Waals surface area (Å²) in [6.07, 6.45) is 1.76. The van der Waals surface area contributed by atoms with Gasteiger partial charge in [0, 0.05) is 11.7 Å². The minimum atomic E-state index is 0.146. The fourth-order valence-corrected chi connectivity index (χ4v) is 2.09. The molecule has 5 heteroatoms. The van der Waals surface area contributed by atoms with Gasteiger partial charge in [0.2, 0.25) is 0 Å². The van der Waals surface area contributed by atoms with Gasteiger partial charge in [-0.05, 0) is 48.8 Å². The van der Waals surface area contributed by atoms with Crippen molar-refractivity contribution in [2.45, 2.75) is 33.7 Å². The zero-order valence-electron chi connectivity index (χ0n) is 14.1. The smallest absolute Gasteiger partial charge is 0.171 e. The molecule has 3 N–H and O–H groups in total. The van der Waals surface area contributed by atoms with Crippen LogP contribution in [0.25, 0.3) is 0 Å². The highest BCUT2D eigenvalue weighted by Gasteiger charge is 2.20. The van der Waals surface area contributed by atoms with E-state index in [2.05, 4.69) is 48.6 Å². The Balaban J connectivity index is 1.91. The van der Waals surface area contributed by atoms with Crippen molar-refractivity contribution in [1.29, 1.82) is 0 Å². The van der Waals surface area contributed by atoms with Crippen LogP contribution in [0.1, 0.15) is 27.7 Å². The van der Waals surface area contributed by atoms with Crippen LogP contribution in [0.3, 0.4) is 0 Å². The van der Waals surface area contributed by atoms with Gasteiger partial charge >= 0.3 is 0 Å². The first kappa shape index (κ1) is 17.2. The standard InChI is InChI=1S/C18H24N4S/c1-13(18(2,3)4)20-17(23)22-15-10-11-16(19-12-15)21-14-8-6-5-7-9-14/h5-13H,1-4H3,(H,19,21)(H2,20,22,23). The van der Waals surface area contributed by atoms with Crippen molar-refractivity contribution in [3.05, 3.63) is 48.7 Å². The van der Waals surface area contributed by atoms with Crippen LogP contribution in [-0.2, 0) is 0 Å². The molecule has 0 fully saturated rings. The Hall–Kier alpha value is -2.14. The van der Waals surface area contributed by atoms with Crippen LogP contribution in [0.2, 0.25) is 0 Å². The summed E-state index contributed by atoms with van der Waals surface area (Å²) in [4.78, 5) is 4.39. The van der Waals surface area contributed by atoms with Crippen molar-refractivity contribution in [3.63, 3.8) is 0 Å². The molecule has 0 amide bonds. The van der Waals surface area contributed by atoms with E-state index in [1.807, 2.05) is 42.5 Å². The number of rotatable bonds is 4. The number of nitrogens with zero attached hydrogens (tertiary/aromatic N) is 1. The van der Waals surface area contributed by atoms with Gasteiger partial charge in [0.15, 0.2) is 5.11 Å². The summed E-state index contributed by atoms with van der Waals surface area (Å²) in [5, 5.41) is 10.3. The molecule has 1 heterocycles. The molecule has 0 aliphatic heterocycles. The van der Waals surface area contributed by atoms with Gasteiger partial charge in [-0.25, -0.2) is 4.98 Å². The molecule has 1 aromatic carbocycles. The first-order chi connectivity index (χ1) is 10.8. The van der Waals surface area contributed by atoms with Gasteiger partial charge < -0.3 is 16.0 Å². The molecule has 0 spiro atoms. The summed E-state index contributed by atoms with van der Waals surface area (Å²) in [5.74, 6) is 0.795. The molecule has 0 aliphatic rings. The van der Waals surface area contributed by atoms with Gasteiger partial charge in [0.1, 0.15) is 5.82 Å². The highest BCUT2D eigenvalue weighted by Crippen LogP contribution is 2.19. The molecule has 4 nitrogen and oxygen atoms in total. The molecule has 0 radical (unpaired) electrons. The van der Waals surface area contributed by atoms with Crippen LogP contribution in [0, 0.1) is 5.41 Å². The SMILES string of the molecule is CC(NC(=S)Nc1ccc(Nc2ccccc2)nc1)C(C)(C)C. The lowest BCUT2D eigenvalue weighted by atomic mass is 9.88. The molecule has 1 atom stereocenters. The van der Waals surface area contributed by atoms with Crippen molar-refractivity contribution in [2.24, 2.45) is 5.41 Å². The predicted molar refractivity (Wildman–Crippen MR) is 102 cm³/mol. The van der Waals surface area contributed by atoms with Gasteiger partial charge in [0.05, 0.1) is 11.9 Å². The Bertz CT molecular complexity index is 632. The topological polar surface area (TPSA) is 49.0 Å². The molecule has 2 aromatic rings. The van der Waals surface area contributed by atoms with E-state index < -0.39 is 0 Å². The first-order valence-corrected chi connectivity index (χ1v) is 8.11. The molecule has 122 valence electrons. The summed E-state index contributed by atoms with van der Waals surface area (Å²) in [6.45, 7) is 8.66. The number of para-hydroxylation sites is 1. The third-order valence-electron chi connectivity index (χ3n) is 3.71. The van der Waals surface area contributed by atoms with Crippen LogP contribution >= 0.6 is 12.2 Å². The van der Waals surface area contributed by atoms with E-state index in [4.69, 9.17) is 12.2 Å². The summed E-state index contributed by atoms with van der Waals surface area (Å²) >= 11 is 5.35. The summed E-state index contributed by atoms with van der Waals surface area (Å²) in [7, 11) is 0. The van der Waals surface area contributed by atoms with Crippen molar-refractivity contribution in [1.82, 2.24) is 10.3 Å². The quantitative estimate of drug-likeness (QED) is 0.719. The van der Waals surface area contributed by atoms with E-state index in [9.17, 15) is 0 Å². The number of nitrogens with one attached hydrogen (secondary N) is 3. The molecule has 1 aromatic heterocycles. The number of benzene rings is 1. The maximum absolute atomic E-state index is 5.35. The summed E-state index contributed by atoms with van der Waals surface area (Å²) in [6, 6.07) is 14.1. The third-order valence-corrected chi connectivity index (χ3v) is 3.93. The minimum Gasteiger partial charge on any atom is -0.359 e. The predicted octanol–water partition coefficient (Wildman–Crippen LogP) is 4.55. The Morgan fingerprint density at radius 3 is 2.30 bits per heavy atom. The lowest BCUT2D eigenvalue weighted by molar-refractivity contribution is 0.317. The highest BCUT2D eigenvalue weighted by atomic mass is 32.1. The van der Waals surface area contributed by atoms with Crippen LogP contribution in [0.4, 0.5) is 17.2 Å². The number of aromatic nitrogens is 1. The number of hydrogen-bond acceptors (Lipinski definition) is 3. The highest BCUT2D eigenvalue weighted by molar-refractivity contribution is 7.80. The van der Waals surface area contributed by atoms with E-state index in [1.54, 1.807) is 6.20 Å². The van der Waals surface area contributed by atoms with Gasteiger partial charge in [-0.3, -0.25) is 0 Å². The molecule has 23 heavy (non-hydrogen) atoms. The number of thiocarbonyl (C=S) groups is 1. The van der Waals surface area contributed by atoms with Crippen LogP contribution in [-0.4, -0.2) is 16.1 Å². The Morgan fingerprint density at radius 1 is 1.04 bits per heavy atom. The zero-order chi connectivity index (χ0) is 16.9. The summed E-state index contributed by atoms with van der Waals surface area (Å²) in [5.41, 5.74) is 2.02. The molecular formula is C18H24N4S. The maximum atomic E-state index is 5.35. The van der Waals surface area contributed by atoms with Crippen molar-refractivity contribution < 1.29 is 0 Å². The molecule has 1 unspecified atom stereocenters. The first-order valence-electron chi connectivity index (χ1n) is 7.70. The average molecular weight is 328 g/mol. The number of hydrogen-bond donors (Lipinski definition) is 3. The lowest BCUT2D eigenvalue weighted by Gasteiger charge is -2.29. The normalized spacial score (nSPS) is 12.3. The van der Waals surface area contributed by atoms with Gasteiger partial charge in [-0.1, -0.05) is 39.0 Å². The van der Waals surface area contributed by atoms with Crippen molar-refractivity contribution >= 4 is 34.5 Å². The van der Waals surface area contributed by atoms with E-state index in [-0.39, 0.29) is 11.5 Å². The molecule has 0 saturated carbocycles. The maximum Gasteiger partial charge on any atom is 0.171 e. The fourth-order valence-electron chi connectivity index (χ4n) is 1.79. The average Bonchev–Trinajstić information content (AvgIpc) is 2.49. The van der Waals surface area contributed by atoms with Crippen LogP contribution < -0.4 is 16.0 Å². The zero-order valence-corrected chi connectivity index (χ0v) is 14.9. The Morgan fingerprint density at radius 2 is 1.74 bits per heavy atom. The van der Waals surface area contributed by atoms with E-state index in [0.29, 0.717) is 5.11 Å².